The van der Waals surface area contributed by atoms with E-state index in [-0.39, 0.29) is 5.76 Å². The van der Waals surface area contributed by atoms with Gasteiger partial charge in [-0.3, -0.25) is 4.79 Å². The Hall–Kier alpha value is -2.63. The van der Waals surface area contributed by atoms with Crippen molar-refractivity contribution in [2.45, 2.75) is 18.9 Å². The summed E-state index contributed by atoms with van der Waals surface area (Å²) >= 11 is 0. The highest BCUT2D eigenvalue weighted by Crippen LogP contribution is 2.23. The molecule has 6 heteroatoms. The molecule has 1 aliphatic rings. The number of carbonyl (C=O) groups excluding carboxylic acids is 1. The van der Waals surface area contributed by atoms with E-state index in [0.29, 0.717) is 25.1 Å². The molecule has 1 atom stereocenters. The third-order valence-corrected chi connectivity index (χ3v) is 3.53. The molecule has 0 bridgehead atoms. The topological polar surface area (TPSA) is 83.6 Å². The number of hydrogen-bond donors (Lipinski definition) is 1. The Morgan fingerprint density at radius 2 is 2.14 bits per heavy atom. The highest BCUT2D eigenvalue weighted by atomic mass is 16.5. The van der Waals surface area contributed by atoms with Crippen LogP contribution in [-0.4, -0.2) is 39.6 Å². The van der Waals surface area contributed by atoms with Crippen molar-refractivity contribution >= 4 is 11.9 Å². The van der Waals surface area contributed by atoms with Gasteiger partial charge in [-0.15, -0.1) is 0 Å². The van der Waals surface area contributed by atoms with Crippen LogP contribution in [-0.2, 0) is 4.79 Å². The molecule has 1 aromatic carbocycles. The highest BCUT2D eigenvalue weighted by Gasteiger charge is 2.36. The molecule has 0 spiro atoms. The van der Waals surface area contributed by atoms with Crippen LogP contribution in [0.2, 0.25) is 0 Å². The molecule has 6 nitrogen and oxygen atoms in total. The van der Waals surface area contributed by atoms with Crippen molar-refractivity contribution in [3.8, 4) is 11.3 Å². The standard InChI is InChI=1S/C15H13N2O4/c18-14(17-8-4-7-12(17)15(19)20)13-9-11(16-21-13)10-5-2-1-3-6-10/h2-3,5-6,9,12H,4,7-8H2,(H,19,20). The van der Waals surface area contributed by atoms with Crippen molar-refractivity contribution in [2.75, 3.05) is 6.54 Å². The molecular weight excluding hydrogens is 272 g/mol. The molecule has 1 amide bonds. The van der Waals surface area contributed by atoms with Gasteiger partial charge in [-0.2, -0.15) is 0 Å². The first-order valence-corrected chi connectivity index (χ1v) is 6.64. The van der Waals surface area contributed by atoms with E-state index in [1.54, 1.807) is 12.1 Å². The van der Waals surface area contributed by atoms with Gasteiger partial charge in [0.2, 0.25) is 5.76 Å². The predicted molar refractivity (Wildman–Crippen MR) is 72.5 cm³/mol. The second kappa shape index (κ2) is 5.40. The van der Waals surface area contributed by atoms with Crippen LogP contribution in [0.1, 0.15) is 23.4 Å². The number of amides is 1. The molecule has 1 saturated heterocycles. The van der Waals surface area contributed by atoms with Gasteiger partial charge in [0.15, 0.2) is 0 Å². The number of hydrogen-bond acceptors (Lipinski definition) is 4. The number of rotatable bonds is 3. The van der Waals surface area contributed by atoms with E-state index in [1.165, 1.54) is 11.0 Å². The lowest BCUT2D eigenvalue weighted by molar-refractivity contribution is -0.141. The quantitative estimate of drug-likeness (QED) is 0.930. The molecule has 21 heavy (non-hydrogen) atoms. The van der Waals surface area contributed by atoms with Crippen molar-refractivity contribution in [3.63, 3.8) is 0 Å². The Kier molecular flexibility index (Phi) is 3.43. The third kappa shape index (κ3) is 2.52. The minimum Gasteiger partial charge on any atom is -0.480 e. The molecule has 2 heterocycles. The molecule has 2 aromatic rings. The van der Waals surface area contributed by atoms with Gasteiger partial charge in [0.25, 0.3) is 5.91 Å². The van der Waals surface area contributed by atoms with Gasteiger partial charge in [-0.05, 0) is 18.9 Å². The first-order chi connectivity index (χ1) is 10.2. The number of likely N-dealkylation sites (tertiary alicyclic amines) is 1. The van der Waals surface area contributed by atoms with Gasteiger partial charge in [0.1, 0.15) is 11.7 Å². The molecule has 1 aromatic heterocycles. The maximum absolute atomic E-state index is 12.3. The van der Waals surface area contributed by atoms with Gasteiger partial charge in [0.05, 0.1) is 0 Å². The summed E-state index contributed by atoms with van der Waals surface area (Å²) in [5.74, 6) is -1.36. The number of nitrogens with zero attached hydrogens (tertiary/aromatic N) is 2. The van der Waals surface area contributed by atoms with Gasteiger partial charge in [-0.1, -0.05) is 29.4 Å². The average molecular weight is 285 g/mol. The van der Waals surface area contributed by atoms with Gasteiger partial charge < -0.3 is 14.5 Å². The Bertz CT molecular complexity index is 665. The largest absolute Gasteiger partial charge is 0.480 e. The van der Waals surface area contributed by atoms with Crippen LogP contribution in [0.15, 0.2) is 34.9 Å². The lowest BCUT2D eigenvalue weighted by atomic mass is 10.1. The second-order valence-electron chi connectivity index (χ2n) is 4.86. The second-order valence-corrected chi connectivity index (χ2v) is 4.86. The van der Waals surface area contributed by atoms with E-state index in [0.717, 1.165) is 5.56 Å². The number of carboxylic acid groups (broad SMARTS) is 1. The minimum atomic E-state index is -0.987. The normalized spacial score (nSPS) is 17.9. The molecule has 1 fully saturated rings. The summed E-state index contributed by atoms with van der Waals surface area (Å²) < 4.78 is 5.08. The Balaban J connectivity index is 1.83. The van der Waals surface area contributed by atoms with Crippen molar-refractivity contribution in [1.29, 1.82) is 0 Å². The van der Waals surface area contributed by atoms with E-state index >= 15 is 0 Å². The Morgan fingerprint density at radius 3 is 2.86 bits per heavy atom. The van der Waals surface area contributed by atoms with Crippen LogP contribution in [0, 0.1) is 6.07 Å². The van der Waals surface area contributed by atoms with Crippen LogP contribution in [0.3, 0.4) is 0 Å². The molecule has 0 aliphatic carbocycles. The molecular formula is C15H13N2O4. The zero-order valence-corrected chi connectivity index (χ0v) is 11.2. The number of carboxylic acids is 1. The van der Waals surface area contributed by atoms with Crippen molar-refractivity contribution < 1.29 is 19.2 Å². The first kappa shape index (κ1) is 13.4. The number of aliphatic carboxylic acids is 1. The first-order valence-electron chi connectivity index (χ1n) is 6.64. The van der Waals surface area contributed by atoms with E-state index in [9.17, 15) is 9.59 Å². The summed E-state index contributed by atoms with van der Waals surface area (Å²) in [6.07, 6.45) is 1.15. The molecule has 0 saturated carbocycles. The summed E-state index contributed by atoms with van der Waals surface area (Å²) in [6.45, 7) is 0.423. The summed E-state index contributed by atoms with van der Waals surface area (Å²) in [6, 6.07) is 10.8. The maximum atomic E-state index is 12.3. The SMILES string of the molecule is O=C(O)C1CCCN1C(=O)c1cc(-c2cc[c]cc2)no1. The summed E-state index contributed by atoms with van der Waals surface area (Å²) in [5, 5.41) is 13.0. The zero-order chi connectivity index (χ0) is 14.8. The molecule has 107 valence electrons. The molecule has 3 rings (SSSR count). The van der Waals surface area contributed by atoms with E-state index < -0.39 is 17.9 Å². The van der Waals surface area contributed by atoms with Crippen molar-refractivity contribution in [3.05, 3.63) is 42.2 Å². The predicted octanol–water partition coefficient (Wildman–Crippen LogP) is 1.83. The van der Waals surface area contributed by atoms with Crippen LogP contribution in [0.4, 0.5) is 0 Å². The number of benzene rings is 1. The lowest BCUT2D eigenvalue weighted by Gasteiger charge is -2.19. The highest BCUT2D eigenvalue weighted by molar-refractivity contribution is 5.95. The van der Waals surface area contributed by atoms with Gasteiger partial charge in [-0.25, -0.2) is 4.79 Å². The zero-order valence-electron chi connectivity index (χ0n) is 11.2. The Morgan fingerprint density at radius 1 is 1.38 bits per heavy atom. The summed E-state index contributed by atoms with van der Waals surface area (Å²) in [4.78, 5) is 24.8. The van der Waals surface area contributed by atoms with Crippen molar-refractivity contribution in [2.24, 2.45) is 0 Å². The lowest BCUT2D eigenvalue weighted by Crippen LogP contribution is -2.40. The number of carbonyl (C=O) groups is 2. The smallest absolute Gasteiger partial charge is 0.326 e. The minimum absolute atomic E-state index is 0.0611. The Labute approximate surface area is 121 Å². The van der Waals surface area contributed by atoms with Crippen LogP contribution in [0.5, 0.6) is 0 Å². The van der Waals surface area contributed by atoms with Gasteiger partial charge in [0, 0.05) is 18.2 Å². The maximum Gasteiger partial charge on any atom is 0.326 e. The van der Waals surface area contributed by atoms with Crippen LogP contribution >= 0.6 is 0 Å². The fourth-order valence-corrected chi connectivity index (χ4v) is 2.48. The van der Waals surface area contributed by atoms with Gasteiger partial charge >= 0.3 is 5.97 Å². The molecule has 1 N–H and O–H groups in total. The third-order valence-electron chi connectivity index (χ3n) is 3.53. The molecule has 1 unspecified atom stereocenters. The van der Waals surface area contributed by atoms with Crippen LogP contribution in [0.25, 0.3) is 11.3 Å². The van der Waals surface area contributed by atoms with Crippen LogP contribution < -0.4 is 0 Å². The van der Waals surface area contributed by atoms with E-state index in [4.69, 9.17) is 9.63 Å². The molecule has 1 radical (unpaired) electrons. The summed E-state index contributed by atoms with van der Waals surface area (Å²) in [5.41, 5.74) is 1.35. The number of aromatic nitrogens is 1. The fourth-order valence-electron chi connectivity index (χ4n) is 2.48. The fraction of sp³-hybridized carbons (Fsp3) is 0.267. The monoisotopic (exact) mass is 285 g/mol. The molecule has 1 aliphatic heterocycles. The summed E-state index contributed by atoms with van der Waals surface area (Å²) in [7, 11) is 0. The van der Waals surface area contributed by atoms with Crippen molar-refractivity contribution in [1.82, 2.24) is 10.1 Å². The van der Waals surface area contributed by atoms with E-state index in [1.807, 2.05) is 12.1 Å². The average Bonchev–Trinajstić information content (AvgIpc) is 3.17. The van der Waals surface area contributed by atoms with E-state index in [2.05, 4.69) is 11.2 Å².